The standard InChI is InChI=1S/C19H16N4OS/c1-24-16-9-5-8-15(12-16)17-10-11-18-20-21-19(23(18)22-17)25-13-14-6-3-2-4-7-14/h2-12H,13H2,1H3. The van der Waals surface area contributed by atoms with Crippen LogP contribution in [0.15, 0.2) is 71.9 Å². The van der Waals surface area contributed by atoms with Crippen molar-refractivity contribution < 1.29 is 4.74 Å². The van der Waals surface area contributed by atoms with Crippen molar-refractivity contribution in [3.63, 3.8) is 0 Å². The summed E-state index contributed by atoms with van der Waals surface area (Å²) in [6.07, 6.45) is 0. The molecule has 0 N–H and O–H groups in total. The van der Waals surface area contributed by atoms with Gasteiger partial charge in [-0.25, -0.2) is 0 Å². The first-order valence-electron chi connectivity index (χ1n) is 7.87. The number of ether oxygens (including phenoxy) is 1. The zero-order chi connectivity index (χ0) is 17.1. The van der Waals surface area contributed by atoms with Gasteiger partial charge in [-0.1, -0.05) is 54.2 Å². The van der Waals surface area contributed by atoms with E-state index in [-0.39, 0.29) is 0 Å². The predicted octanol–water partition coefficient (Wildman–Crippen LogP) is 4.09. The van der Waals surface area contributed by atoms with Gasteiger partial charge in [0.25, 0.3) is 0 Å². The van der Waals surface area contributed by atoms with Gasteiger partial charge >= 0.3 is 0 Å². The summed E-state index contributed by atoms with van der Waals surface area (Å²) in [7, 11) is 1.66. The molecule has 6 heteroatoms. The Morgan fingerprint density at radius 3 is 2.68 bits per heavy atom. The van der Waals surface area contributed by atoms with Crippen LogP contribution in [-0.2, 0) is 5.75 Å². The lowest BCUT2D eigenvalue weighted by molar-refractivity contribution is 0.415. The summed E-state index contributed by atoms with van der Waals surface area (Å²) in [5, 5.41) is 14.0. The number of fused-ring (bicyclic) bond motifs is 1. The topological polar surface area (TPSA) is 52.3 Å². The maximum atomic E-state index is 5.30. The van der Waals surface area contributed by atoms with Crippen LogP contribution in [0.25, 0.3) is 16.9 Å². The monoisotopic (exact) mass is 348 g/mol. The molecule has 4 rings (SSSR count). The van der Waals surface area contributed by atoms with E-state index in [9.17, 15) is 0 Å². The molecule has 0 atom stereocenters. The van der Waals surface area contributed by atoms with Crippen LogP contribution >= 0.6 is 11.8 Å². The summed E-state index contributed by atoms with van der Waals surface area (Å²) < 4.78 is 7.09. The van der Waals surface area contributed by atoms with Crippen molar-refractivity contribution in [1.29, 1.82) is 0 Å². The van der Waals surface area contributed by atoms with Crippen LogP contribution in [0.5, 0.6) is 5.75 Å². The molecule has 0 aliphatic carbocycles. The zero-order valence-electron chi connectivity index (χ0n) is 13.7. The molecule has 4 aromatic rings. The molecule has 0 saturated carbocycles. The Hall–Kier alpha value is -2.86. The van der Waals surface area contributed by atoms with E-state index in [2.05, 4.69) is 22.3 Å². The minimum atomic E-state index is 0.738. The van der Waals surface area contributed by atoms with Crippen molar-refractivity contribution in [2.24, 2.45) is 0 Å². The van der Waals surface area contributed by atoms with Gasteiger partial charge in [0.05, 0.1) is 12.8 Å². The lowest BCUT2D eigenvalue weighted by Crippen LogP contribution is -1.97. The molecule has 0 amide bonds. The van der Waals surface area contributed by atoms with Gasteiger partial charge in [-0.15, -0.1) is 10.2 Å². The third kappa shape index (κ3) is 3.34. The van der Waals surface area contributed by atoms with Gasteiger partial charge in [0, 0.05) is 11.3 Å². The highest BCUT2D eigenvalue weighted by Gasteiger charge is 2.10. The largest absolute Gasteiger partial charge is 0.497 e. The highest BCUT2D eigenvalue weighted by molar-refractivity contribution is 7.98. The van der Waals surface area contributed by atoms with Crippen LogP contribution in [0.4, 0.5) is 0 Å². The molecular formula is C19H16N4OS. The lowest BCUT2D eigenvalue weighted by atomic mass is 10.1. The second-order valence-electron chi connectivity index (χ2n) is 5.48. The minimum absolute atomic E-state index is 0.738. The Bertz CT molecular complexity index is 1000. The molecule has 0 saturated heterocycles. The van der Waals surface area contributed by atoms with Crippen LogP contribution in [0.3, 0.4) is 0 Å². The normalized spacial score (nSPS) is 10.9. The summed E-state index contributed by atoms with van der Waals surface area (Å²) in [5.41, 5.74) is 3.83. The smallest absolute Gasteiger partial charge is 0.212 e. The summed E-state index contributed by atoms with van der Waals surface area (Å²) in [6, 6.07) is 22.0. The van der Waals surface area contributed by atoms with Gasteiger partial charge in [-0.2, -0.15) is 9.61 Å². The van der Waals surface area contributed by atoms with Crippen LogP contribution in [0, 0.1) is 0 Å². The number of hydrogen-bond donors (Lipinski definition) is 0. The van der Waals surface area contributed by atoms with Crippen LogP contribution in [0.2, 0.25) is 0 Å². The quantitative estimate of drug-likeness (QED) is 0.508. The number of benzene rings is 2. The van der Waals surface area contributed by atoms with Gasteiger partial charge in [0.1, 0.15) is 5.75 Å². The van der Waals surface area contributed by atoms with Crippen LogP contribution < -0.4 is 4.74 Å². The average molecular weight is 348 g/mol. The lowest BCUT2D eigenvalue weighted by Gasteiger charge is -2.05. The Labute approximate surface area is 149 Å². The fraction of sp³-hybridized carbons (Fsp3) is 0.105. The molecular weight excluding hydrogens is 332 g/mol. The Morgan fingerprint density at radius 1 is 0.960 bits per heavy atom. The molecule has 0 spiro atoms. The fourth-order valence-corrected chi connectivity index (χ4v) is 3.36. The molecule has 2 aromatic carbocycles. The molecule has 0 aliphatic rings. The molecule has 5 nitrogen and oxygen atoms in total. The van der Waals surface area contributed by atoms with E-state index in [1.165, 1.54) is 5.56 Å². The first-order chi connectivity index (χ1) is 12.3. The number of methoxy groups -OCH3 is 1. The van der Waals surface area contributed by atoms with Gasteiger partial charge in [-0.3, -0.25) is 0 Å². The number of rotatable bonds is 5. The summed E-state index contributed by atoms with van der Waals surface area (Å²) in [6.45, 7) is 0. The predicted molar refractivity (Wildman–Crippen MR) is 98.8 cm³/mol. The second kappa shape index (κ2) is 6.94. The van der Waals surface area contributed by atoms with E-state index in [4.69, 9.17) is 9.84 Å². The van der Waals surface area contributed by atoms with Crippen molar-refractivity contribution in [3.8, 4) is 17.0 Å². The van der Waals surface area contributed by atoms with Crippen molar-refractivity contribution in [2.45, 2.75) is 10.9 Å². The van der Waals surface area contributed by atoms with E-state index >= 15 is 0 Å². The SMILES string of the molecule is COc1cccc(-c2ccc3nnc(SCc4ccccc4)n3n2)c1. The third-order valence-electron chi connectivity index (χ3n) is 3.81. The highest BCUT2D eigenvalue weighted by Crippen LogP contribution is 2.25. The van der Waals surface area contributed by atoms with E-state index in [0.717, 1.165) is 33.6 Å². The van der Waals surface area contributed by atoms with Crippen LogP contribution in [-0.4, -0.2) is 26.9 Å². The van der Waals surface area contributed by atoms with Gasteiger partial charge in [0.15, 0.2) is 5.65 Å². The Balaban J connectivity index is 1.65. The molecule has 2 aromatic heterocycles. The highest BCUT2D eigenvalue weighted by atomic mass is 32.2. The molecule has 124 valence electrons. The maximum absolute atomic E-state index is 5.30. The molecule has 2 heterocycles. The zero-order valence-corrected chi connectivity index (χ0v) is 14.5. The molecule has 0 unspecified atom stereocenters. The minimum Gasteiger partial charge on any atom is -0.497 e. The van der Waals surface area contributed by atoms with Crippen molar-refractivity contribution in [3.05, 3.63) is 72.3 Å². The number of aromatic nitrogens is 4. The summed E-state index contributed by atoms with van der Waals surface area (Å²) >= 11 is 1.62. The Morgan fingerprint density at radius 2 is 1.84 bits per heavy atom. The number of hydrogen-bond acceptors (Lipinski definition) is 5. The van der Waals surface area contributed by atoms with Gasteiger partial charge in [0.2, 0.25) is 5.16 Å². The van der Waals surface area contributed by atoms with Gasteiger partial charge < -0.3 is 4.74 Å². The second-order valence-corrected chi connectivity index (χ2v) is 6.42. The summed E-state index contributed by atoms with van der Waals surface area (Å²) in [4.78, 5) is 0. The molecule has 0 bridgehead atoms. The third-order valence-corrected chi connectivity index (χ3v) is 4.80. The van der Waals surface area contributed by atoms with Gasteiger partial charge in [-0.05, 0) is 29.8 Å². The molecule has 0 fully saturated rings. The first kappa shape index (κ1) is 15.7. The average Bonchev–Trinajstić information content (AvgIpc) is 3.09. The number of nitrogens with zero attached hydrogens (tertiary/aromatic N) is 4. The molecule has 0 radical (unpaired) electrons. The maximum Gasteiger partial charge on any atom is 0.212 e. The van der Waals surface area contributed by atoms with Crippen LogP contribution in [0.1, 0.15) is 5.56 Å². The molecule has 25 heavy (non-hydrogen) atoms. The van der Waals surface area contributed by atoms with Crippen molar-refractivity contribution in [1.82, 2.24) is 19.8 Å². The van der Waals surface area contributed by atoms with E-state index < -0.39 is 0 Å². The first-order valence-corrected chi connectivity index (χ1v) is 8.86. The van der Waals surface area contributed by atoms with E-state index in [0.29, 0.717) is 0 Å². The summed E-state index contributed by atoms with van der Waals surface area (Å²) in [5.74, 6) is 1.63. The van der Waals surface area contributed by atoms with Crippen molar-refractivity contribution in [2.75, 3.05) is 7.11 Å². The number of thioether (sulfide) groups is 1. The molecule has 0 aliphatic heterocycles. The van der Waals surface area contributed by atoms with E-state index in [1.54, 1.807) is 23.4 Å². The fourth-order valence-electron chi connectivity index (χ4n) is 2.52. The van der Waals surface area contributed by atoms with E-state index in [1.807, 2.05) is 54.6 Å². The van der Waals surface area contributed by atoms with Crippen molar-refractivity contribution >= 4 is 17.4 Å². The Kier molecular flexibility index (Phi) is 4.35.